The van der Waals surface area contributed by atoms with E-state index in [0.29, 0.717) is 0 Å². The molecule has 0 aromatic heterocycles. The quantitative estimate of drug-likeness (QED) is 0.462. The minimum Gasteiger partial charge on any atom is -0.384 e. The lowest BCUT2D eigenvalue weighted by Crippen LogP contribution is -2.45. The van der Waals surface area contributed by atoms with Gasteiger partial charge in [0, 0.05) is 0 Å². The molecular formula is C6H12N2O3. The molecule has 11 heavy (non-hydrogen) atoms. The Hall–Kier alpha value is -1.10. The fourth-order valence-electron chi connectivity index (χ4n) is 0.405. The van der Waals surface area contributed by atoms with Crippen molar-refractivity contribution in [3.05, 3.63) is 0 Å². The maximum absolute atomic E-state index is 10.7. The molecule has 0 saturated carbocycles. The molecule has 64 valence electrons. The number of primary amides is 1. The standard InChI is InChI=1S/C6H12N2O3/c1-3(5(7)10)8-6(11)4(2)9/h3-4,9H,1-2H3,(H2,7,10)(H,8,11)/t3-,4+/m0/s1. The first-order valence-corrected chi connectivity index (χ1v) is 3.23. The van der Waals surface area contributed by atoms with Crippen LogP contribution >= 0.6 is 0 Å². The molecule has 2 atom stereocenters. The number of aliphatic hydroxyl groups is 1. The van der Waals surface area contributed by atoms with Crippen LogP contribution in [0.25, 0.3) is 0 Å². The molecule has 0 aromatic rings. The molecule has 0 aromatic carbocycles. The molecule has 5 nitrogen and oxygen atoms in total. The van der Waals surface area contributed by atoms with Gasteiger partial charge in [0.15, 0.2) is 0 Å². The smallest absolute Gasteiger partial charge is 0.249 e. The van der Waals surface area contributed by atoms with Crippen LogP contribution in [0.2, 0.25) is 0 Å². The Kier molecular flexibility index (Phi) is 3.53. The Bertz CT molecular complexity index is 167. The summed E-state index contributed by atoms with van der Waals surface area (Å²) in [6, 6.07) is -0.739. The van der Waals surface area contributed by atoms with Crippen molar-refractivity contribution in [1.82, 2.24) is 5.32 Å². The van der Waals surface area contributed by atoms with Gasteiger partial charge in [-0.2, -0.15) is 0 Å². The normalized spacial score (nSPS) is 15.2. The topological polar surface area (TPSA) is 92.4 Å². The highest BCUT2D eigenvalue weighted by Crippen LogP contribution is 1.83. The van der Waals surface area contributed by atoms with Gasteiger partial charge < -0.3 is 16.2 Å². The number of aliphatic hydroxyl groups excluding tert-OH is 1. The van der Waals surface area contributed by atoms with Crippen LogP contribution < -0.4 is 11.1 Å². The summed E-state index contributed by atoms with van der Waals surface area (Å²) in [5.41, 5.74) is 4.85. The van der Waals surface area contributed by atoms with E-state index in [2.05, 4.69) is 5.32 Å². The zero-order valence-corrected chi connectivity index (χ0v) is 6.50. The van der Waals surface area contributed by atoms with E-state index in [1.807, 2.05) is 0 Å². The van der Waals surface area contributed by atoms with Crippen molar-refractivity contribution in [2.24, 2.45) is 5.73 Å². The lowest BCUT2D eigenvalue weighted by atomic mass is 10.3. The number of hydrogen-bond acceptors (Lipinski definition) is 3. The van der Waals surface area contributed by atoms with E-state index in [0.717, 1.165) is 0 Å². The first-order chi connectivity index (χ1) is 4.95. The molecule has 4 N–H and O–H groups in total. The van der Waals surface area contributed by atoms with E-state index in [9.17, 15) is 9.59 Å². The third-order valence-electron chi connectivity index (χ3n) is 1.16. The van der Waals surface area contributed by atoms with Crippen molar-refractivity contribution in [3.8, 4) is 0 Å². The largest absolute Gasteiger partial charge is 0.384 e. The Morgan fingerprint density at radius 3 is 2.18 bits per heavy atom. The molecule has 0 bridgehead atoms. The van der Waals surface area contributed by atoms with Crippen molar-refractivity contribution >= 4 is 11.8 Å². The van der Waals surface area contributed by atoms with Gasteiger partial charge >= 0.3 is 0 Å². The highest BCUT2D eigenvalue weighted by Gasteiger charge is 2.14. The van der Waals surface area contributed by atoms with Gasteiger partial charge in [0.05, 0.1) is 0 Å². The lowest BCUT2D eigenvalue weighted by molar-refractivity contribution is -0.132. The summed E-state index contributed by atoms with van der Waals surface area (Å²) in [5.74, 6) is -1.23. The first kappa shape index (κ1) is 9.90. The molecule has 0 saturated heterocycles. The van der Waals surface area contributed by atoms with Gasteiger partial charge in [0.2, 0.25) is 11.8 Å². The third-order valence-corrected chi connectivity index (χ3v) is 1.16. The molecule has 0 radical (unpaired) electrons. The summed E-state index contributed by atoms with van der Waals surface area (Å²) >= 11 is 0. The van der Waals surface area contributed by atoms with E-state index in [1.54, 1.807) is 0 Å². The van der Waals surface area contributed by atoms with Crippen LogP contribution in [-0.4, -0.2) is 29.1 Å². The maximum atomic E-state index is 10.7. The minimum absolute atomic E-state index is 0.601. The Morgan fingerprint density at radius 1 is 1.45 bits per heavy atom. The van der Waals surface area contributed by atoms with Gasteiger partial charge in [0.1, 0.15) is 12.1 Å². The predicted molar refractivity (Wildman–Crippen MR) is 38.5 cm³/mol. The second-order valence-corrected chi connectivity index (χ2v) is 2.31. The minimum atomic E-state index is -1.11. The van der Waals surface area contributed by atoms with Crippen LogP contribution in [0.4, 0.5) is 0 Å². The van der Waals surface area contributed by atoms with Gasteiger partial charge in [-0.25, -0.2) is 0 Å². The summed E-state index contributed by atoms with van der Waals surface area (Å²) in [4.78, 5) is 21.1. The number of rotatable bonds is 3. The number of nitrogens with two attached hydrogens (primary N) is 1. The molecule has 0 aliphatic rings. The molecule has 0 unspecified atom stereocenters. The van der Waals surface area contributed by atoms with Crippen molar-refractivity contribution in [3.63, 3.8) is 0 Å². The number of hydrogen-bond donors (Lipinski definition) is 3. The molecule has 0 aliphatic heterocycles. The molecule has 5 heteroatoms. The van der Waals surface area contributed by atoms with Crippen LogP contribution in [0, 0.1) is 0 Å². The van der Waals surface area contributed by atoms with Crippen molar-refractivity contribution in [2.75, 3.05) is 0 Å². The van der Waals surface area contributed by atoms with E-state index in [-0.39, 0.29) is 0 Å². The Balaban J connectivity index is 3.85. The predicted octanol–water partition coefficient (Wildman–Crippen LogP) is -1.64. The molecule has 2 amide bonds. The van der Waals surface area contributed by atoms with E-state index in [1.165, 1.54) is 13.8 Å². The summed E-state index contributed by atoms with van der Waals surface area (Å²) in [7, 11) is 0. The van der Waals surface area contributed by atoms with Crippen molar-refractivity contribution in [1.29, 1.82) is 0 Å². The fraction of sp³-hybridized carbons (Fsp3) is 0.667. The van der Waals surface area contributed by atoms with E-state index < -0.39 is 24.0 Å². The van der Waals surface area contributed by atoms with E-state index in [4.69, 9.17) is 10.8 Å². The summed E-state index contributed by atoms with van der Waals surface area (Å²) in [6.45, 7) is 2.76. The number of nitrogens with one attached hydrogen (secondary N) is 1. The second kappa shape index (κ2) is 3.92. The van der Waals surface area contributed by atoms with Crippen LogP contribution in [-0.2, 0) is 9.59 Å². The fourth-order valence-corrected chi connectivity index (χ4v) is 0.405. The van der Waals surface area contributed by atoms with Crippen molar-refractivity contribution < 1.29 is 14.7 Å². The van der Waals surface area contributed by atoms with Gasteiger partial charge in [-0.15, -0.1) is 0 Å². The van der Waals surface area contributed by atoms with E-state index >= 15 is 0 Å². The van der Waals surface area contributed by atoms with Crippen LogP contribution in [0.3, 0.4) is 0 Å². The summed E-state index contributed by atoms with van der Waals surface area (Å²) in [5, 5.41) is 10.9. The van der Waals surface area contributed by atoms with Gasteiger partial charge in [-0.05, 0) is 13.8 Å². The molecular weight excluding hydrogens is 148 g/mol. The molecule has 0 heterocycles. The lowest BCUT2D eigenvalue weighted by Gasteiger charge is -2.10. The third kappa shape index (κ3) is 3.57. The van der Waals surface area contributed by atoms with Gasteiger partial charge in [0.25, 0.3) is 0 Å². The molecule has 0 fully saturated rings. The second-order valence-electron chi connectivity index (χ2n) is 2.31. The zero-order chi connectivity index (χ0) is 9.02. The maximum Gasteiger partial charge on any atom is 0.249 e. The SMILES string of the molecule is C[C@H](NC(=O)[C@@H](C)O)C(N)=O. The van der Waals surface area contributed by atoms with Gasteiger partial charge in [-0.1, -0.05) is 0 Å². The van der Waals surface area contributed by atoms with Crippen LogP contribution in [0.5, 0.6) is 0 Å². The number of carbonyl (C=O) groups excluding carboxylic acids is 2. The molecule has 0 aliphatic carbocycles. The summed E-state index contributed by atoms with van der Waals surface area (Å²) < 4.78 is 0. The number of amides is 2. The average molecular weight is 160 g/mol. The summed E-state index contributed by atoms with van der Waals surface area (Å²) in [6.07, 6.45) is -1.11. The highest BCUT2D eigenvalue weighted by atomic mass is 16.3. The molecule has 0 rings (SSSR count). The number of carbonyl (C=O) groups is 2. The first-order valence-electron chi connectivity index (χ1n) is 3.23. The average Bonchev–Trinajstić information content (AvgIpc) is 1.87. The Morgan fingerprint density at radius 2 is 1.91 bits per heavy atom. The monoisotopic (exact) mass is 160 g/mol. The highest BCUT2D eigenvalue weighted by molar-refractivity contribution is 5.87. The molecule has 0 spiro atoms. The van der Waals surface area contributed by atoms with Crippen LogP contribution in [0.1, 0.15) is 13.8 Å². The Labute approximate surface area is 64.6 Å². The van der Waals surface area contributed by atoms with Crippen molar-refractivity contribution in [2.45, 2.75) is 26.0 Å². The van der Waals surface area contributed by atoms with Gasteiger partial charge in [-0.3, -0.25) is 9.59 Å². The zero-order valence-electron chi connectivity index (χ0n) is 6.50. The van der Waals surface area contributed by atoms with Crippen LogP contribution in [0.15, 0.2) is 0 Å².